The second-order valence-electron chi connectivity index (χ2n) is 4.88. The molecule has 1 aliphatic rings. The molecule has 0 spiro atoms. The van der Waals surface area contributed by atoms with Gasteiger partial charge >= 0.3 is 17.3 Å². The van der Waals surface area contributed by atoms with Crippen LogP contribution >= 0.6 is 11.8 Å². The van der Waals surface area contributed by atoms with Crippen LogP contribution in [0.2, 0.25) is 0 Å². The number of carbonyl (C=O) groups excluding carboxylic acids is 1. The lowest BCUT2D eigenvalue weighted by molar-refractivity contribution is -0.149. The summed E-state index contributed by atoms with van der Waals surface area (Å²) in [5.41, 5.74) is -2.69. The molecule has 0 aromatic carbocycles. The number of nitrogens with zero attached hydrogens (tertiary/aromatic N) is 3. The molecule has 1 unspecified atom stereocenters. The molecule has 2 heterocycles. The highest BCUT2D eigenvalue weighted by molar-refractivity contribution is 8.12. The van der Waals surface area contributed by atoms with E-state index in [1.54, 1.807) is 0 Å². The monoisotopic (exact) mass is 301 g/mol. The van der Waals surface area contributed by atoms with Crippen molar-refractivity contribution in [2.45, 2.75) is 44.6 Å². The first-order valence-corrected chi connectivity index (χ1v) is 7.07. The Balaban J connectivity index is 2.60. The van der Waals surface area contributed by atoms with Crippen molar-refractivity contribution < 1.29 is 14.7 Å². The summed E-state index contributed by atoms with van der Waals surface area (Å²) in [5, 5.41) is 9.13. The Morgan fingerprint density at radius 3 is 2.55 bits per heavy atom. The first kappa shape index (κ1) is 14.6. The van der Waals surface area contributed by atoms with Gasteiger partial charge in [0.1, 0.15) is 0 Å². The van der Waals surface area contributed by atoms with E-state index in [1.807, 2.05) is 0 Å². The quantitative estimate of drug-likeness (QED) is 0.818. The third-order valence-corrected chi connectivity index (χ3v) is 4.26. The van der Waals surface area contributed by atoms with E-state index in [4.69, 9.17) is 0 Å². The minimum absolute atomic E-state index is 0.101. The molecule has 0 saturated carbocycles. The Bertz CT molecular complexity index is 685. The molecule has 0 bridgehead atoms. The number of carbonyl (C=O) groups is 2. The standard InChI is InChI=1S/C11H15N3O5S/c1-7(15)20-6-12-9(18)13-5-3-4-11(2,8(16)17)14(13)10(12)19/h3-6H2,1-2H3,(H,16,17). The summed E-state index contributed by atoms with van der Waals surface area (Å²) in [4.78, 5) is 46.8. The fourth-order valence-corrected chi connectivity index (χ4v) is 2.87. The van der Waals surface area contributed by atoms with Gasteiger partial charge in [0.15, 0.2) is 10.7 Å². The summed E-state index contributed by atoms with van der Waals surface area (Å²) in [7, 11) is 0. The normalized spacial score (nSPS) is 21.5. The van der Waals surface area contributed by atoms with Crippen LogP contribution in [0.25, 0.3) is 0 Å². The molecule has 1 aliphatic heterocycles. The fourth-order valence-electron chi connectivity index (χ4n) is 2.34. The summed E-state index contributed by atoms with van der Waals surface area (Å²) >= 11 is 0.835. The van der Waals surface area contributed by atoms with Crippen LogP contribution in [0.1, 0.15) is 26.7 Å². The van der Waals surface area contributed by atoms with Gasteiger partial charge in [0.2, 0.25) is 0 Å². The first-order chi connectivity index (χ1) is 9.29. The minimum Gasteiger partial charge on any atom is -0.479 e. The van der Waals surface area contributed by atoms with E-state index in [1.165, 1.54) is 13.8 Å². The van der Waals surface area contributed by atoms with Crippen LogP contribution in [-0.2, 0) is 27.5 Å². The maximum atomic E-state index is 12.3. The van der Waals surface area contributed by atoms with Crippen LogP contribution in [0, 0.1) is 0 Å². The lowest BCUT2D eigenvalue weighted by atomic mass is 9.95. The molecule has 110 valence electrons. The highest BCUT2D eigenvalue weighted by atomic mass is 32.2. The Hall–Kier alpha value is -1.77. The summed E-state index contributed by atoms with van der Waals surface area (Å²) in [5.74, 6) is -1.25. The summed E-state index contributed by atoms with van der Waals surface area (Å²) < 4.78 is 3.06. The van der Waals surface area contributed by atoms with Crippen LogP contribution in [0.3, 0.4) is 0 Å². The number of carboxylic acid groups (broad SMARTS) is 1. The third-order valence-electron chi connectivity index (χ3n) is 3.46. The molecule has 1 atom stereocenters. The van der Waals surface area contributed by atoms with Gasteiger partial charge in [0.05, 0.1) is 5.88 Å². The fraction of sp³-hybridized carbons (Fsp3) is 0.636. The van der Waals surface area contributed by atoms with E-state index >= 15 is 0 Å². The minimum atomic E-state index is -1.43. The number of thioether (sulfide) groups is 1. The molecule has 1 aromatic rings. The number of rotatable bonds is 3. The van der Waals surface area contributed by atoms with Crippen molar-refractivity contribution in [2.24, 2.45) is 0 Å². The smallest absolute Gasteiger partial charge is 0.349 e. The lowest BCUT2D eigenvalue weighted by Gasteiger charge is -2.31. The zero-order valence-electron chi connectivity index (χ0n) is 11.2. The average molecular weight is 301 g/mol. The van der Waals surface area contributed by atoms with Crippen molar-refractivity contribution in [1.82, 2.24) is 13.9 Å². The number of hydrogen-bond acceptors (Lipinski definition) is 5. The van der Waals surface area contributed by atoms with Gasteiger partial charge in [-0.2, -0.15) is 0 Å². The molecular formula is C11H15N3O5S. The second kappa shape index (κ2) is 4.97. The molecule has 0 radical (unpaired) electrons. The van der Waals surface area contributed by atoms with E-state index in [0.29, 0.717) is 13.0 Å². The van der Waals surface area contributed by atoms with Crippen LogP contribution in [-0.4, -0.2) is 30.1 Å². The molecule has 2 rings (SSSR count). The van der Waals surface area contributed by atoms with E-state index < -0.39 is 22.9 Å². The average Bonchev–Trinajstić information content (AvgIpc) is 2.61. The molecule has 1 N–H and O–H groups in total. The number of aromatic nitrogens is 3. The molecule has 0 aliphatic carbocycles. The number of fused-ring (bicyclic) bond motifs is 1. The zero-order chi connectivity index (χ0) is 15.1. The Kier molecular flexibility index (Phi) is 3.63. The van der Waals surface area contributed by atoms with Gasteiger partial charge in [0, 0.05) is 13.5 Å². The number of hydrogen-bond donors (Lipinski definition) is 1. The molecule has 0 fully saturated rings. The molecular weight excluding hydrogens is 286 g/mol. The molecule has 8 nitrogen and oxygen atoms in total. The van der Waals surface area contributed by atoms with Gasteiger partial charge in [-0.25, -0.2) is 28.3 Å². The van der Waals surface area contributed by atoms with Crippen LogP contribution in [0.4, 0.5) is 0 Å². The third kappa shape index (κ3) is 2.11. The van der Waals surface area contributed by atoms with E-state index in [0.717, 1.165) is 25.7 Å². The van der Waals surface area contributed by atoms with Gasteiger partial charge in [-0.05, 0) is 19.8 Å². The Morgan fingerprint density at radius 1 is 1.35 bits per heavy atom. The maximum Gasteiger partial charge on any atom is 0.349 e. The van der Waals surface area contributed by atoms with Crippen LogP contribution < -0.4 is 11.4 Å². The first-order valence-electron chi connectivity index (χ1n) is 6.09. The van der Waals surface area contributed by atoms with Crippen molar-refractivity contribution in [3.8, 4) is 0 Å². The van der Waals surface area contributed by atoms with Crippen molar-refractivity contribution in [3.05, 3.63) is 21.0 Å². The van der Waals surface area contributed by atoms with Crippen molar-refractivity contribution in [3.63, 3.8) is 0 Å². The van der Waals surface area contributed by atoms with Gasteiger partial charge in [-0.3, -0.25) is 4.79 Å². The van der Waals surface area contributed by atoms with Gasteiger partial charge < -0.3 is 5.11 Å². The summed E-state index contributed by atoms with van der Waals surface area (Å²) in [6.07, 6.45) is 0.789. The topological polar surface area (TPSA) is 103 Å². The zero-order valence-corrected chi connectivity index (χ0v) is 12.0. The molecule has 1 aromatic heterocycles. The molecule has 20 heavy (non-hydrogen) atoms. The highest BCUT2D eigenvalue weighted by Crippen LogP contribution is 2.25. The number of aliphatic carboxylic acids is 1. The highest BCUT2D eigenvalue weighted by Gasteiger charge is 2.42. The van der Waals surface area contributed by atoms with Crippen LogP contribution in [0.5, 0.6) is 0 Å². The van der Waals surface area contributed by atoms with Gasteiger partial charge in [-0.1, -0.05) is 11.8 Å². The summed E-state index contributed by atoms with van der Waals surface area (Å²) in [6, 6.07) is 0. The van der Waals surface area contributed by atoms with E-state index in [9.17, 15) is 24.3 Å². The van der Waals surface area contributed by atoms with Crippen LogP contribution in [0.15, 0.2) is 9.59 Å². The second-order valence-corrected chi connectivity index (χ2v) is 6.00. The Labute approximate surface area is 118 Å². The molecule has 9 heteroatoms. The molecule has 0 amide bonds. The van der Waals surface area contributed by atoms with E-state index in [2.05, 4.69) is 0 Å². The largest absolute Gasteiger partial charge is 0.479 e. The molecule has 0 saturated heterocycles. The van der Waals surface area contributed by atoms with Gasteiger partial charge in [-0.15, -0.1) is 0 Å². The van der Waals surface area contributed by atoms with Crippen molar-refractivity contribution in [1.29, 1.82) is 0 Å². The number of carboxylic acids is 1. The predicted octanol–water partition coefficient (Wildman–Crippen LogP) is -0.358. The van der Waals surface area contributed by atoms with Gasteiger partial charge in [0.25, 0.3) is 0 Å². The lowest BCUT2D eigenvalue weighted by Crippen LogP contribution is -2.51. The summed E-state index contributed by atoms with van der Waals surface area (Å²) in [6.45, 7) is 3.06. The van der Waals surface area contributed by atoms with Crippen molar-refractivity contribution >= 4 is 22.8 Å². The van der Waals surface area contributed by atoms with E-state index in [-0.39, 0.29) is 17.4 Å². The Morgan fingerprint density at radius 2 is 2.00 bits per heavy atom. The maximum absolute atomic E-state index is 12.3. The van der Waals surface area contributed by atoms with Crippen molar-refractivity contribution in [2.75, 3.05) is 0 Å². The SMILES string of the molecule is CC(=O)SCn1c(=O)n2n(c1=O)C(C)(C(=O)O)CCC2. The predicted molar refractivity (Wildman–Crippen MR) is 71.7 cm³/mol.